The summed E-state index contributed by atoms with van der Waals surface area (Å²) in [4.78, 5) is 32.0. The third-order valence-electron chi connectivity index (χ3n) is 5.53. The second-order valence-corrected chi connectivity index (χ2v) is 8.45. The first-order chi connectivity index (χ1) is 16.7. The molecule has 4 rings (SSSR count). The number of hydrogen-bond donors (Lipinski definition) is 1. The lowest BCUT2D eigenvalue weighted by Gasteiger charge is -2.12. The predicted octanol–water partition coefficient (Wildman–Crippen LogP) is 2.24. The Morgan fingerprint density at radius 3 is 2.43 bits per heavy atom. The van der Waals surface area contributed by atoms with Gasteiger partial charge in [0.1, 0.15) is 0 Å². The molecule has 0 bridgehead atoms. The van der Waals surface area contributed by atoms with Gasteiger partial charge in [-0.1, -0.05) is 6.07 Å². The molecule has 0 spiro atoms. The topological polar surface area (TPSA) is 97.9 Å². The molecule has 9 nitrogen and oxygen atoms in total. The number of benzene rings is 2. The van der Waals surface area contributed by atoms with Crippen LogP contribution in [0.25, 0.3) is 22.6 Å². The van der Waals surface area contributed by atoms with Crippen molar-refractivity contribution >= 4 is 16.9 Å². The zero-order valence-electron chi connectivity index (χ0n) is 19.6. The van der Waals surface area contributed by atoms with Gasteiger partial charge in [-0.05, 0) is 69.0 Å². The highest BCUT2D eigenvalue weighted by Crippen LogP contribution is 2.19. The van der Waals surface area contributed by atoms with E-state index in [-0.39, 0.29) is 23.5 Å². The van der Waals surface area contributed by atoms with Crippen LogP contribution in [-0.4, -0.2) is 56.4 Å². The highest BCUT2D eigenvalue weighted by atomic mass is 19.2. The van der Waals surface area contributed by atoms with Crippen molar-refractivity contribution < 1.29 is 8.78 Å². The average Bonchev–Trinajstić information content (AvgIpc) is 2.85. The van der Waals surface area contributed by atoms with Gasteiger partial charge in [0, 0.05) is 24.8 Å². The van der Waals surface area contributed by atoms with Crippen LogP contribution in [0.5, 0.6) is 0 Å². The third-order valence-corrected chi connectivity index (χ3v) is 5.53. The Kier molecular flexibility index (Phi) is 6.97. The summed E-state index contributed by atoms with van der Waals surface area (Å²) in [6.07, 6.45) is 1.00. The zero-order valence-corrected chi connectivity index (χ0v) is 19.6. The van der Waals surface area contributed by atoms with Crippen LogP contribution < -0.4 is 16.6 Å². The first-order valence-corrected chi connectivity index (χ1v) is 11.0. The second-order valence-electron chi connectivity index (χ2n) is 8.45. The van der Waals surface area contributed by atoms with Crippen LogP contribution in [0, 0.1) is 11.6 Å². The Labute approximate surface area is 199 Å². The first kappa shape index (κ1) is 24.1. The highest BCUT2D eigenvalue weighted by Gasteiger charge is 2.17. The molecule has 4 aromatic rings. The molecule has 0 unspecified atom stereocenters. The van der Waals surface area contributed by atoms with Crippen LogP contribution >= 0.6 is 0 Å². The van der Waals surface area contributed by atoms with E-state index in [2.05, 4.69) is 25.4 Å². The fraction of sp³-hybridized carbons (Fsp3) is 0.292. The van der Waals surface area contributed by atoms with Gasteiger partial charge < -0.3 is 10.2 Å². The van der Waals surface area contributed by atoms with Crippen LogP contribution in [-0.2, 0) is 13.6 Å². The van der Waals surface area contributed by atoms with Gasteiger partial charge in [0.15, 0.2) is 28.6 Å². The van der Waals surface area contributed by atoms with E-state index in [0.29, 0.717) is 11.1 Å². The lowest BCUT2D eigenvalue weighted by Crippen LogP contribution is -2.39. The molecule has 11 heteroatoms. The van der Waals surface area contributed by atoms with Crippen LogP contribution in [0.2, 0.25) is 0 Å². The quantitative estimate of drug-likeness (QED) is 0.386. The fourth-order valence-electron chi connectivity index (χ4n) is 3.61. The molecule has 0 saturated carbocycles. The number of anilines is 1. The Morgan fingerprint density at radius 1 is 1.00 bits per heavy atom. The molecule has 0 amide bonds. The Morgan fingerprint density at radius 2 is 1.74 bits per heavy atom. The summed E-state index contributed by atoms with van der Waals surface area (Å²) in [7, 11) is 5.38. The molecule has 0 aliphatic heterocycles. The lowest BCUT2D eigenvalue weighted by molar-refractivity contribution is 0.405. The molecule has 35 heavy (non-hydrogen) atoms. The summed E-state index contributed by atoms with van der Waals surface area (Å²) in [5.41, 5.74) is 0.542. The minimum Gasteiger partial charge on any atom is -0.385 e. The molecule has 0 fully saturated rings. The molecule has 0 atom stereocenters. The van der Waals surface area contributed by atoms with E-state index in [1.54, 1.807) is 0 Å². The monoisotopic (exact) mass is 481 g/mol. The van der Waals surface area contributed by atoms with E-state index in [4.69, 9.17) is 0 Å². The standard InChI is InChI=1S/C24H25F2N7O2/c1-31(2)12-4-11-27-17-8-6-16(7-9-17)21-28-20-22(30-29-21)33(24(35)32(3)23(20)34)14-15-5-10-18(25)19(26)13-15/h5-10,13,27H,4,11-12,14H2,1-3H3. The minimum absolute atomic E-state index is 0.0363. The number of fused-ring (bicyclic) bond motifs is 1. The molecule has 1 N–H and O–H groups in total. The smallest absolute Gasteiger partial charge is 0.332 e. The molecule has 0 radical (unpaired) electrons. The van der Waals surface area contributed by atoms with E-state index >= 15 is 0 Å². The van der Waals surface area contributed by atoms with Crippen molar-refractivity contribution in [2.24, 2.45) is 7.05 Å². The van der Waals surface area contributed by atoms with Gasteiger partial charge in [0.05, 0.1) is 6.54 Å². The summed E-state index contributed by atoms with van der Waals surface area (Å²) >= 11 is 0. The van der Waals surface area contributed by atoms with Crippen molar-refractivity contribution in [3.63, 3.8) is 0 Å². The maximum Gasteiger partial charge on any atom is 0.332 e. The number of nitrogens with zero attached hydrogens (tertiary/aromatic N) is 6. The van der Waals surface area contributed by atoms with Gasteiger partial charge in [-0.2, -0.15) is 0 Å². The maximum absolute atomic E-state index is 13.7. The van der Waals surface area contributed by atoms with Gasteiger partial charge >= 0.3 is 5.69 Å². The lowest BCUT2D eigenvalue weighted by atomic mass is 10.2. The molecule has 0 saturated heterocycles. The molecular weight excluding hydrogens is 456 g/mol. The number of hydrogen-bond acceptors (Lipinski definition) is 7. The Bertz CT molecular complexity index is 1480. The molecule has 2 aromatic carbocycles. The summed E-state index contributed by atoms with van der Waals surface area (Å²) in [5, 5.41) is 11.6. The Hall–Kier alpha value is -3.99. The third kappa shape index (κ3) is 5.24. The van der Waals surface area contributed by atoms with E-state index in [1.807, 2.05) is 38.4 Å². The van der Waals surface area contributed by atoms with Crippen molar-refractivity contribution in [1.82, 2.24) is 29.2 Å². The molecule has 182 valence electrons. The summed E-state index contributed by atoms with van der Waals surface area (Å²) in [5.74, 6) is -1.80. The van der Waals surface area contributed by atoms with E-state index in [1.165, 1.54) is 13.1 Å². The SMILES string of the molecule is CN(C)CCCNc1ccc(-c2nnc3c(n2)c(=O)n(C)c(=O)n3Cc2ccc(F)c(F)c2)cc1. The number of halogens is 2. The summed E-state index contributed by atoms with van der Waals surface area (Å²) < 4.78 is 29.0. The van der Waals surface area contributed by atoms with Gasteiger partial charge in [-0.15, -0.1) is 10.2 Å². The number of nitrogens with one attached hydrogen (secondary N) is 1. The van der Waals surface area contributed by atoms with Crippen LogP contribution in [0.15, 0.2) is 52.1 Å². The van der Waals surface area contributed by atoms with Crippen LogP contribution in [0.1, 0.15) is 12.0 Å². The predicted molar refractivity (Wildman–Crippen MR) is 129 cm³/mol. The van der Waals surface area contributed by atoms with Gasteiger partial charge in [-0.25, -0.2) is 18.6 Å². The summed E-state index contributed by atoms with van der Waals surface area (Å²) in [6.45, 7) is 1.68. The average molecular weight is 482 g/mol. The highest BCUT2D eigenvalue weighted by molar-refractivity contribution is 5.71. The number of aromatic nitrogens is 5. The van der Waals surface area contributed by atoms with E-state index in [9.17, 15) is 18.4 Å². The first-order valence-electron chi connectivity index (χ1n) is 11.0. The van der Waals surface area contributed by atoms with Crippen molar-refractivity contribution in [3.8, 4) is 11.4 Å². The van der Waals surface area contributed by atoms with Crippen molar-refractivity contribution in [2.45, 2.75) is 13.0 Å². The van der Waals surface area contributed by atoms with Gasteiger partial charge in [-0.3, -0.25) is 13.9 Å². The molecule has 0 aliphatic rings. The minimum atomic E-state index is -1.04. The van der Waals surface area contributed by atoms with Crippen molar-refractivity contribution in [2.75, 3.05) is 32.5 Å². The van der Waals surface area contributed by atoms with E-state index < -0.39 is 22.9 Å². The summed E-state index contributed by atoms with van der Waals surface area (Å²) in [6, 6.07) is 10.7. The van der Waals surface area contributed by atoms with Crippen molar-refractivity contribution in [3.05, 3.63) is 80.5 Å². The Balaban J connectivity index is 1.65. The number of rotatable bonds is 8. The van der Waals surface area contributed by atoms with E-state index in [0.717, 1.165) is 46.5 Å². The molecule has 0 aliphatic carbocycles. The fourth-order valence-corrected chi connectivity index (χ4v) is 3.61. The second kappa shape index (κ2) is 10.1. The molecule has 2 aromatic heterocycles. The van der Waals surface area contributed by atoms with Gasteiger partial charge in [0.2, 0.25) is 0 Å². The normalized spacial score (nSPS) is 11.4. The molecule has 2 heterocycles. The van der Waals surface area contributed by atoms with Crippen molar-refractivity contribution in [1.29, 1.82) is 0 Å². The largest absolute Gasteiger partial charge is 0.385 e. The van der Waals surface area contributed by atoms with Crippen LogP contribution in [0.4, 0.5) is 14.5 Å². The van der Waals surface area contributed by atoms with Gasteiger partial charge in [0.25, 0.3) is 5.56 Å². The zero-order chi connectivity index (χ0) is 25.1. The molecular formula is C24H25F2N7O2. The van der Waals surface area contributed by atoms with Crippen LogP contribution in [0.3, 0.4) is 0 Å². The maximum atomic E-state index is 13.7.